The van der Waals surface area contributed by atoms with Crippen LogP contribution in [0, 0.1) is 0 Å². The van der Waals surface area contributed by atoms with E-state index in [1.54, 1.807) is 31.4 Å². The van der Waals surface area contributed by atoms with Crippen molar-refractivity contribution in [1.29, 1.82) is 0 Å². The lowest BCUT2D eigenvalue weighted by Crippen LogP contribution is -2.23. The van der Waals surface area contributed by atoms with Crippen LogP contribution in [0.5, 0.6) is 5.75 Å². The van der Waals surface area contributed by atoms with E-state index in [0.29, 0.717) is 30.2 Å². The summed E-state index contributed by atoms with van der Waals surface area (Å²) in [5.74, 6) is 0.121. The van der Waals surface area contributed by atoms with Gasteiger partial charge in [-0.2, -0.15) is 0 Å². The van der Waals surface area contributed by atoms with Crippen molar-refractivity contribution in [2.75, 3.05) is 18.9 Å². The lowest BCUT2D eigenvalue weighted by molar-refractivity contribution is 0.0951. The number of sulfonamides is 1. The van der Waals surface area contributed by atoms with Crippen molar-refractivity contribution in [3.63, 3.8) is 0 Å². The largest absolute Gasteiger partial charge is 0.495 e. The Labute approximate surface area is 182 Å². The zero-order chi connectivity index (χ0) is 22.3. The van der Waals surface area contributed by atoms with E-state index in [9.17, 15) is 13.2 Å². The Morgan fingerprint density at radius 2 is 1.61 bits per heavy atom. The fourth-order valence-electron chi connectivity index (χ4n) is 3.00. The Kier molecular flexibility index (Phi) is 7.28. The van der Waals surface area contributed by atoms with Gasteiger partial charge in [0.1, 0.15) is 5.75 Å². The fourth-order valence-corrected chi connectivity index (χ4v) is 4.07. The molecule has 0 radical (unpaired) electrons. The van der Waals surface area contributed by atoms with Crippen molar-refractivity contribution >= 4 is 21.6 Å². The molecule has 8 heteroatoms. The average molecular weight is 441 g/mol. The van der Waals surface area contributed by atoms with E-state index in [1.807, 2.05) is 24.3 Å². The minimum Gasteiger partial charge on any atom is -0.495 e. The minimum atomic E-state index is -3.83. The van der Waals surface area contributed by atoms with Crippen LogP contribution >= 0.6 is 0 Å². The maximum Gasteiger partial charge on any atom is 0.262 e. The van der Waals surface area contributed by atoms with E-state index in [0.717, 1.165) is 11.1 Å². The maximum absolute atomic E-state index is 12.7. The second kappa shape index (κ2) is 10.1. The summed E-state index contributed by atoms with van der Waals surface area (Å²) in [4.78, 5) is 12.5. The van der Waals surface area contributed by atoms with Gasteiger partial charge >= 0.3 is 0 Å². The highest BCUT2D eigenvalue weighted by molar-refractivity contribution is 7.92. The summed E-state index contributed by atoms with van der Waals surface area (Å²) in [5.41, 5.74) is 2.67. The van der Waals surface area contributed by atoms with Gasteiger partial charge in [-0.1, -0.05) is 36.4 Å². The van der Waals surface area contributed by atoms with E-state index in [-0.39, 0.29) is 10.8 Å². The number of hydrogen-bond donors (Lipinski definition) is 2. The highest BCUT2D eigenvalue weighted by Gasteiger charge is 2.17. The summed E-state index contributed by atoms with van der Waals surface area (Å²) in [6.45, 7) is 0.854. The van der Waals surface area contributed by atoms with Gasteiger partial charge in [-0.15, -0.1) is 0 Å². The van der Waals surface area contributed by atoms with Crippen LogP contribution in [-0.2, 0) is 27.9 Å². The quantitative estimate of drug-likeness (QED) is 0.531. The second-order valence-corrected chi connectivity index (χ2v) is 8.45. The first-order valence-corrected chi connectivity index (χ1v) is 11.0. The molecule has 0 atom stereocenters. The highest BCUT2D eigenvalue weighted by atomic mass is 32.2. The molecule has 0 bridgehead atoms. The second-order valence-electron chi connectivity index (χ2n) is 6.77. The Bertz CT molecular complexity index is 1140. The van der Waals surface area contributed by atoms with E-state index in [4.69, 9.17) is 9.47 Å². The molecule has 162 valence electrons. The number of carbonyl (C=O) groups excluding carboxylic acids is 1. The maximum atomic E-state index is 12.7. The Morgan fingerprint density at radius 1 is 0.903 bits per heavy atom. The summed E-state index contributed by atoms with van der Waals surface area (Å²) in [6.07, 6.45) is 0. The topological polar surface area (TPSA) is 93.7 Å². The third kappa shape index (κ3) is 5.84. The molecule has 31 heavy (non-hydrogen) atoms. The molecule has 2 N–H and O–H groups in total. The molecule has 0 saturated carbocycles. The van der Waals surface area contributed by atoms with Crippen LogP contribution in [0.25, 0.3) is 0 Å². The Morgan fingerprint density at radius 3 is 2.32 bits per heavy atom. The van der Waals surface area contributed by atoms with Crippen molar-refractivity contribution < 1.29 is 22.7 Å². The summed E-state index contributed by atoms with van der Waals surface area (Å²) in [7, 11) is -0.732. The molecule has 0 unspecified atom stereocenters. The molecule has 7 nitrogen and oxygen atoms in total. The van der Waals surface area contributed by atoms with E-state index in [2.05, 4.69) is 10.0 Å². The smallest absolute Gasteiger partial charge is 0.262 e. The zero-order valence-electron chi connectivity index (χ0n) is 17.3. The molecular weight excluding hydrogens is 416 g/mol. The molecule has 0 spiro atoms. The fraction of sp³-hybridized carbons (Fsp3) is 0.174. The van der Waals surface area contributed by atoms with Crippen molar-refractivity contribution in [3.05, 3.63) is 89.5 Å². The van der Waals surface area contributed by atoms with Gasteiger partial charge in [0, 0.05) is 19.2 Å². The number of carbonyl (C=O) groups is 1. The molecule has 0 aromatic heterocycles. The van der Waals surface area contributed by atoms with Gasteiger partial charge < -0.3 is 14.8 Å². The molecule has 3 rings (SSSR count). The number of rotatable bonds is 9. The van der Waals surface area contributed by atoms with E-state index in [1.165, 1.54) is 31.4 Å². The number of ether oxygens (including phenoxy) is 2. The third-order valence-corrected chi connectivity index (χ3v) is 5.91. The molecule has 3 aromatic rings. The highest BCUT2D eigenvalue weighted by Crippen LogP contribution is 2.26. The Balaban J connectivity index is 1.66. The normalized spacial score (nSPS) is 11.0. The van der Waals surface area contributed by atoms with E-state index < -0.39 is 10.0 Å². The summed E-state index contributed by atoms with van der Waals surface area (Å²) in [6, 6.07) is 20.2. The number of benzene rings is 3. The molecule has 0 saturated heterocycles. The van der Waals surface area contributed by atoms with Gasteiger partial charge in [-0.05, 0) is 47.5 Å². The number of para-hydroxylation sites is 2. The molecule has 0 aliphatic heterocycles. The Hall–Kier alpha value is -3.36. The summed E-state index contributed by atoms with van der Waals surface area (Å²) in [5, 5.41) is 2.84. The van der Waals surface area contributed by atoms with Crippen LogP contribution in [0.2, 0.25) is 0 Å². The molecule has 1 amide bonds. The van der Waals surface area contributed by atoms with Gasteiger partial charge in [-0.3, -0.25) is 9.52 Å². The van der Waals surface area contributed by atoms with Crippen LogP contribution in [0.1, 0.15) is 21.5 Å². The zero-order valence-corrected chi connectivity index (χ0v) is 18.1. The van der Waals surface area contributed by atoms with Crippen molar-refractivity contribution in [2.45, 2.75) is 18.0 Å². The first-order chi connectivity index (χ1) is 14.9. The van der Waals surface area contributed by atoms with Gasteiger partial charge in [0.05, 0.1) is 24.3 Å². The standard InChI is InChI=1S/C23H24N2O5S/c1-29-16-18-7-5-6-17(14-18)15-24-23(26)19-10-12-20(13-11-19)31(27,28)25-21-8-3-4-9-22(21)30-2/h3-14,25H,15-16H2,1-2H3,(H,24,26). The van der Waals surface area contributed by atoms with Gasteiger partial charge in [0.25, 0.3) is 15.9 Å². The van der Waals surface area contributed by atoms with Gasteiger partial charge in [0.2, 0.25) is 0 Å². The van der Waals surface area contributed by atoms with Crippen LogP contribution in [0.3, 0.4) is 0 Å². The van der Waals surface area contributed by atoms with Crippen LogP contribution in [0.4, 0.5) is 5.69 Å². The van der Waals surface area contributed by atoms with Crippen molar-refractivity contribution in [3.8, 4) is 5.75 Å². The van der Waals surface area contributed by atoms with E-state index >= 15 is 0 Å². The number of anilines is 1. The van der Waals surface area contributed by atoms with Gasteiger partial charge in [0.15, 0.2) is 0 Å². The van der Waals surface area contributed by atoms with Gasteiger partial charge in [-0.25, -0.2) is 8.42 Å². The van der Waals surface area contributed by atoms with Crippen LogP contribution in [0.15, 0.2) is 77.7 Å². The molecular formula is C23H24N2O5S. The van der Waals surface area contributed by atoms with Crippen molar-refractivity contribution in [1.82, 2.24) is 5.32 Å². The third-order valence-electron chi connectivity index (χ3n) is 4.53. The predicted molar refractivity (Wildman–Crippen MR) is 119 cm³/mol. The summed E-state index contributed by atoms with van der Waals surface area (Å²) < 4.78 is 38.1. The minimum absolute atomic E-state index is 0.0437. The number of methoxy groups -OCH3 is 2. The number of amides is 1. The molecule has 0 fully saturated rings. The predicted octanol–water partition coefficient (Wildman–Crippen LogP) is 3.57. The van der Waals surface area contributed by atoms with Crippen molar-refractivity contribution in [2.24, 2.45) is 0 Å². The lowest BCUT2D eigenvalue weighted by atomic mass is 10.1. The number of hydrogen-bond acceptors (Lipinski definition) is 5. The lowest BCUT2D eigenvalue weighted by Gasteiger charge is -2.12. The molecule has 0 heterocycles. The summed E-state index contributed by atoms with van der Waals surface area (Å²) >= 11 is 0. The average Bonchev–Trinajstić information content (AvgIpc) is 2.78. The van der Waals surface area contributed by atoms with Crippen LogP contribution in [-0.4, -0.2) is 28.5 Å². The molecule has 0 aliphatic rings. The first kappa shape index (κ1) is 22.3. The molecule has 3 aromatic carbocycles. The number of nitrogens with one attached hydrogen (secondary N) is 2. The van der Waals surface area contributed by atoms with Crippen LogP contribution < -0.4 is 14.8 Å². The first-order valence-electron chi connectivity index (χ1n) is 9.54. The molecule has 0 aliphatic carbocycles. The SMILES string of the molecule is COCc1cccc(CNC(=O)c2ccc(S(=O)(=O)Nc3ccccc3OC)cc2)c1. The monoisotopic (exact) mass is 440 g/mol.